The molecule has 0 unspecified atom stereocenters. The highest BCUT2D eigenvalue weighted by molar-refractivity contribution is 7.91. The smallest absolute Gasteiger partial charge is 0.254 e. The van der Waals surface area contributed by atoms with Gasteiger partial charge >= 0.3 is 0 Å². The van der Waals surface area contributed by atoms with Gasteiger partial charge in [0.25, 0.3) is 5.91 Å². The summed E-state index contributed by atoms with van der Waals surface area (Å²) in [6.07, 6.45) is 3.37. The maximum Gasteiger partial charge on any atom is 0.254 e. The molecule has 1 amide bonds. The minimum absolute atomic E-state index is 0.0357. The molecule has 0 bridgehead atoms. The zero-order valence-corrected chi connectivity index (χ0v) is 13.7. The number of carbonyl (C=O) groups is 1. The lowest BCUT2D eigenvalue weighted by Gasteiger charge is -2.28. The van der Waals surface area contributed by atoms with Crippen LogP contribution in [0.3, 0.4) is 0 Å². The van der Waals surface area contributed by atoms with E-state index >= 15 is 0 Å². The van der Waals surface area contributed by atoms with Gasteiger partial charge in [-0.1, -0.05) is 18.2 Å². The number of pyridine rings is 1. The fourth-order valence-electron chi connectivity index (χ4n) is 2.86. The monoisotopic (exact) mass is 348 g/mol. The van der Waals surface area contributed by atoms with Crippen LogP contribution in [0.25, 0.3) is 0 Å². The minimum Gasteiger partial charge on any atom is -0.330 e. The van der Waals surface area contributed by atoms with Crippen molar-refractivity contribution in [2.75, 3.05) is 11.5 Å². The largest absolute Gasteiger partial charge is 0.330 e. The van der Waals surface area contributed by atoms with Crippen molar-refractivity contribution in [3.05, 3.63) is 65.7 Å². The summed E-state index contributed by atoms with van der Waals surface area (Å²) in [5.41, 5.74) is 0.773. The first kappa shape index (κ1) is 16.6. The molecule has 7 heteroatoms. The van der Waals surface area contributed by atoms with Gasteiger partial charge in [-0.15, -0.1) is 0 Å². The van der Waals surface area contributed by atoms with Crippen molar-refractivity contribution < 1.29 is 17.6 Å². The van der Waals surface area contributed by atoms with Gasteiger partial charge in [-0.2, -0.15) is 0 Å². The molecule has 2 aromatic rings. The van der Waals surface area contributed by atoms with Gasteiger partial charge in [-0.3, -0.25) is 9.78 Å². The van der Waals surface area contributed by atoms with Gasteiger partial charge in [0.1, 0.15) is 5.82 Å². The fourth-order valence-corrected chi connectivity index (χ4v) is 4.59. The molecular weight excluding hydrogens is 331 g/mol. The zero-order valence-electron chi connectivity index (χ0n) is 12.9. The van der Waals surface area contributed by atoms with Gasteiger partial charge in [-0.25, -0.2) is 12.8 Å². The number of benzene rings is 1. The molecule has 1 aromatic carbocycles. The van der Waals surface area contributed by atoms with Crippen LogP contribution in [0.1, 0.15) is 22.3 Å². The van der Waals surface area contributed by atoms with E-state index in [-0.39, 0.29) is 24.0 Å². The average molecular weight is 348 g/mol. The van der Waals surface area contributed by atoms with Crippen molar-refractivity contribution in [2.45, 2.75) is 19.0 Å². The number of halogens is 1. The van der Waals surface area contributed by atoms with Crippen molar-refractivity contribution in [3.8, 4) is 0 Å². The Morgan fingerprint density at radius 3 is 2.54 bits per heavy atom. The highest BCUT2D eigenvalue weighted by Gasteiger charge is 2.35. The Labute approximate surface area is 140 Å². The second-order valence-corrected chi connectivity index (χ2v) is 8.05. The maximum atomic E-state index is 14.0. The van der Waals surface area contributed by atoms with Crippen LogP contribution in [-0.4, -0.2) is 41.8 Å². The predicted molar refractivity (Wildman–Crippen MR) is 87.6 cm³/mol. The lowest BCUT2D eigenvalue weighted by molar-refractivity contribution is 0.0679. The fraction of sp³-hybridized carbons (Fsp3) is 0.294. The average Bonchev–Trinajstić information content (AvgIpc) is 2.94. The number of nitrogens with zero attached hydrogens (tertiary/aromatic N) is 2. The summed E-state index contributed by atoms with van der Waals surface area (Å²) >= 11 is 0. The summed E-state index contributed by atoms with van der Waals surface area (Å²) in [7, 11) is -3.16. The van der Waals surface area contributed by atoms with Crippen LogP contribution < -0.4 is 0 Å². The molecule has 0 radical (unpaired) electrons. The Morgan fingerprint density at radius 1 is 1.21 bits per heavy atom. The lowest BCUT2D eigenvalue weighted by Crippen LogP contribution is -2.40. The summed E-state index contributed by atoms with van der Waals surface area (Å²) < 4.78 is 37.6. The number of carbonyl (C=O) groups excluding carboxylic acids is 1. The Bertz CT molecular complexity index is 840. The van der Waals surface area contributed by atoms with E-state index in [9.17, 15) is 17.6 Å². The molecule has 1 fully saturated rings. The topological polar surface area (TPSA) is 67.3 Å². The first-order valence-electron chi connectivity index (χ1n) is 7.61. The van der Waals surface area contributed by atoms with Gasteiger partial charge in [-0.05, 0) is 24.6 Å². The van der Waals surface area contributed by atoms with Crippen LogP contribution in [0.2, 0.25) is 0 Å². The predicted octanol–water partition coefficient (Wildman–Crippen LogP) is 2.05. The molecule has 0 saturated carbocycles. The molecule has 2 heterocycles. The zero-order chi connectivity index (χ0) is 17.2. The Morgan fingerprint density at radius 2 is 1.92 bits per heavy atom. The standard InChI is InChI=1S/C17H17FN2O3S/c18-16-4-2-1-3-14(16)11-20(15-7-10-24(22,23)12-15)17(21)13-5-8-19-9-6-13/h1-6,8-9,15H,7,10-12H2/t15-/m1/s1. The summed E-state index contributed by atoms with van der Waals surface area (Å²) in [6, 6.07) is 8.89. The third kappa shape index (κ3) is 3.62. The van der Waals surface area contributed by atoms with Crippen molar-refractivity contribution >= 4 is 15.7 Å². The highest BCUT2D eigenvalue weighted by Crippen LogP contribution is 2.23. The van der Waals surface area contributed by atoms with Gasteiger partial charge in [0.05, 0.1) is 11.5 Å². The highest BCUT2D eigenvalue weighted by atomic mass is 32.2. The lowest BCUT2D eigenvalue weighted by atomic mass is 10.1. The number of amides is 1. The van der Waals surface area contributed by atoms with Gasteiger partial charge in [0.2, 0.25) is 0 Å². The third-order valence-corrected chi connectivity index (χ3v) is 5.89. The normalized spacial score (nSPS) is 19.1. The second-order valence-electron chi connectivity index (χ2n) is 5.82. The maximum absolute atomic E-state index is 14.0. The van der Waals surface area contributed by atoms with E-state index in [1.165, 1.54) is 23.4 Å². The van der Waals surface area contributed by atoms with Gasteiger partial charge in [0.15, 0.2) is 9.84 Å². The molecule has 126 valence electrons. The molecule has 1 aromatic heterocycles. The van der Waals surface area contributed by atoms with Crippen molar-refractivity contribution in [2.24, 2.45) is 0 Å². The van der Waals surface area contributed by atoms with Crippen LogP contribution in [0.4, 0.5) is 4.39 Å². The first-order chi connectivity index (χ1) is 11.5. The first-order valence-corrected chi connectivity index (χ1v) is 9.43. The molecule has 0 spiro atoms. The SMILES string of the molecule is O=C(c1ccncc1)N(Cc1ccccc1F)[C@@H]1CCS(=O)(=O)C1. The molecular formula is C17H17FN2O3S. The number of rotatable bonds is 4. The number of hydrogen-bond donors (Lipinski definition) is 0. The van der Waals surface area contributed by atoms with E-state index in [2.05, 4.69) is 4.98 Å². The van der Waals surface area contributed by atoms with Crippen LogP contribution in [-0.2, 0) is 16.4 Å². The molecule has 1 saturated heterocycles. The quantitative estimate of drug-likeness (QED) is 0.848. The molecule has 0 N–H and O–H groups in total. The van der Waals surface area contributed by atoms with E-state index in [1.54, 1.807) is 30.3 Å². The third-order valence-electron chi connectivity index (χ3n) is 4.14. The van der Waals surface area contributed by atoms with Gasteiger partial charge < -0.3 is 4.90 Å². The van der Waals surface area contributed by atoms with E-state index in [4.69, 9.17) is 0 Å². The molecule has 0 aliphatic carbocycles. The minimum atomic E-state index is -3.16. The molecule has 1 aliphatic heterocycles. The Kier molecular flexibility index (Phi) is 4.62. The Hall–Kier alpha value is -2.28. The van der Waals surface area contributed by atoms with E-state index in [0.717, 1.165) is 0 Å². The summed E-state index contributed by atoms with van der Waals surface area (Å²) in [5.74, 6) is -0.763. The van der Waals surface area contributed by atoms with E-state index < -0.39 is 21.7 Å². The summed E-state index contributed by atoms with van der Waals surface area (Å²) in [6.45, 7) is 0.0357. The van der Waals surface area contributed by atoms with Crippen LogP contribution in [0.15, 0.2) is 48.8 Å². The van der Waals surface area contributed by atoms with Crippen molar-refractivity contribution in [3.63, 3.8) is 0 Å². The van der Waals surface area contributed by atoms with Crippen LogP contribution in [0, 0.1) is 5.82 Å². The summed E-state index contributed by atoms with van der Waals surface area (Å²) in [4.78, 5) is 18.2. The molecule has 1 aliphatic rings. The number of sulfone groups is 1. The van der Waals surface area contributed by atoms with Crippen LogP contribution >= 0.6 is 0 Å². The number of hydrogen-bond acceptors (Lipinski definition) is 4. The molecule has 3 rings (SSSR count). The van der Waals surface area contributed by atoms with E-state index in [1.807, 2.05) is 0 Å². The molecule has 24 heavy (non-hydrogen) atoms. The molecule has 5 nitrogen and oxygen atoms in total. The Balaban J connectivity index is 1.92. The molecule has 1 atom stereocenters. The van der Waals surface area contributed by atoms with Crippen molar-refractivity contribution in [1.82, 2.24) is 9.88 Å². The number of aromatic nitrogens is 1. The van der Waals surface area contributed by atoms with Gasteiger partial charge in [0, 0.05) is 36.1 Å². The van der Waals surface area contributed by atoms with E-state index in [0.29, 0.717) is 17.5 Å². The summed E-state index contributed by atoms with van der Waals surface area (Å²) in [5, 5.41) is 0. The van der Waals surface area contributed by atoms with Crippen LogP contribution in [0.5, 0.6) is 0 Å². The van der Waals surface area contributed by atoms with Crippen molar-refractivity contribution in [1.29, 1.82) is 0 Å². The second kappa shape index (κ2) is 6.68.